The standard InChI is InChI=1S/C53H38N4/c1-5-13-38(14-6-1)36-54-52(55-37-39-15-7-2-8-16-39)46-29-23-41(24-30-46)48-32-26-42-25-31-47(33-49(42)34-48)40-21-27-44(28-22-40)51-35-50(43-17-9-3-10-18-43)56-53(57-51)45-19-11-4-12-20-45/h1-36H,37H2/b54-36+,55-52-. The fraction of sp³-hybridized carbons (Fsp3) is 0.0189. The van der Waals surface area contributed by atoms with Crippen LogP contribution in [-0.2, 0) is 6.54 Å². The van der Waals surface area contributed by atoms with Crippen LogP contribution in [-0.4, -0.2) is 22.0 Å². The molecule has 1 aromatic heterocycles. The van der Waals surface area contributed by atoms with E-state index < -0.39 is 0 Å². The third-order valence-corrected chi connectivity index (χ3v) is 10.0. The van der Waals surface area contributed by atoms with Gasteiger partial charge in [-0.2, -0.15) is 0 Å². The van der Waals surface area contributed by atoms with E-state index in [2.05, 4.69) is 127 Å². The van der Waals surface area contributed by atoms with Gasteiger partial charge in [0.1, 0.15) is 0 Å². The summed E-state index contributed by atoms with van der Waals surface area (Å²) in [4.78, 5) is 19.7. The van der Waals surface area contributed by atoms with Crippen molar-refractivity contribution in [3.8, 4) is 56.2 Å². The van der Waals surface area contributed by atoms with Crippen molar-refractivity contribution in [2.24, 2.45) is 9.98 Å². The summed E-state index contributed by atoms with van der Waals surface area (Å²) in [5.74, 6) is 1.42. The van der Waals surface area contributed by atoms with Crippen molar-refractivity contribution >= 4 is 22.8 Å². The van der Waals surface area contributed by atoms with Gasteiger partial charge in [0.15, 0.2) is 11.7 Å². The minimum atomic E-state index is 0.560. The van der Waals surface area contributed by atoms with Gasteiger partial charge in [0.25, 0.3) is 0 Å². The number of aliphatic imine (C=N–C) groups is 2. The lowest BCUT2D eigenvalue weighted by Gasteiger charge is -2.11. The number of benzene rings is 8. The number of hydrogen-bond acceptors (Lipinski definition) is 3. The van der Waals surface area contributed by atoms with Crippen molar-refractivity contribution in [2.45, 2.75) is 6.54 Å². The van der Waals surface area contributed by atoms with Crippen LogP contribution in [0.2, 0.25) is 0 Å². The van der Waals surface area contributed by atoms with E-state index in [1.807, 2.05) is 91.1 Å². The van der Waals surface area contributed by atoms with Gasteiger partial charge in [0.2, 0.25) is 0 Å². The molecule has 9 rings (SSSR count). The Balaban J connectivity index is 0.983. The molecule has 8 aromatic carbocycles. The molecule has 4 heteroatoms. The highest BCUT2D eigenvalue weighted by Crippen LogP contribution is 2.32. The third-order valence-electron chi connectivity index (χ3n) is 10.0. The van der Waals surface area contributed by atoms with E-state index in [0.717, 1.165) is 67.0 Å². The number of nitrogens with zero attached hydrogens (tertiary/aromatic N) is 4. The second-order valence-corrected chi connectivity index (χ2v) is 13.9. The van der Waals surface area contributed by atoms with Crippen LogP contribution in [0.5, 0.6) is 0 Å². The van der Waals surface area contributed by atoms with Gasteiger partial charge in [-0.05, 0) is 62.4 Å². The number of amidine groups is 1. The fourth-order valence-corrected chi connectivity index (χ4v) is 6.95. The molecule has 4 nitrogen and oxygen atoms in total. The Morgan fingerprint density at radius 2 is 0.877 bits per heavy atom. The summed E-state index contributed by atoms with van der Waals surface area (Å²) in [6, 6.07) is 73.5. The molecule has 0 saturated heterocycles. The van der Waals surface area contributed by atoms with E-state index in [-0.39, 0.29) is 0 Å². The van der Waals surface area contributed by atoms with E-state index in [1.165, 1.54) is 10.8 Å². The van der Waals surface area contributed by atoms with Crippen molar-refractivity contribution in [1.82, 2.24) is 9.97 Å². The summed E-state index contributed by atoms with van der Waals surface area (Å²) < 4.78 is 0. The largest absolute Gasteiger partial charge is 0.261 e. The van der Waals surface area contributed by atoms with Crippen LogP contribution in [0.3, 0.4) is 0 Å². The summed E-state index contributed by atoms with van der Waals surface area (Å²) in [5, 5.41) is 2.38. The van der Waals surface area contributed by atoms with Gasteiger partial charge in [-0.15, -0.1) is 0 Å². The lowest BCUT2D eigenvalue weighted by Crippen LogP contribution is -2.00. The second-order valence-electron chi connectivity index (χ2n) is 13.9. The maximum Gasteiger partial charge on any atom is 0.160 e. The van der Waals surface area contributed by atoms with E-state index in [0.29, 0.717) is 18.2 Å². The molecule has 0 saturated carbocycles. The van der Waals surface area contributed by atoms with E-state index in [9.17, 15) is 0 Å². The SMILES string of the molecule is C(=N\C(=N/Cc1ccccc1)c1ccc(-c2ccc3ccc(-c4ccc(-c5cc(-c6ccccc6)nc(-c6ccccc6)n5)cc4)cc3c2)cc1)/c1ccccc1. The Bertz CT molecular complexity index is 2760. The molecular weight excluding hydrogens is 693 g/mol. The van der Waals surface area contributed by atoms with Gasteiger partial charge in [-0.1, -0.05) is 194 Å². The van der Waals surface area contributed by atoms with Crippen LogP contribution in [0, 0.1) is 0 Å². The lowest BCUT2D eigenvalue weighted by atomic mass is 9.96. The molecule has 57 heavy (non-hydrogen) atoms. The molecule has 0 amide bonds. The smallest absolute Gasteiger partial charge is 0.160 e. The molecule has 1 heterocycles. The third kappa shape index (κ3) is 8.26. The average Bonchev–Trinajstić information content (AvgIpc) is 3.30. The summed E-state index contributed by atoms with van der Waals surface area (Å²) in [5.41, 5.74) is 12.6. The predicted octanol–water partition coefficient (Wildman–Crippen LogP) is 13.0. The van der Waals surface area contributed by atoms with Crippen molar-refractivity contribution in [1.29, 1.82) is 0 Å². The number of rotatable bonds is 9. The van der Waals surface area contributed by atoms with Crippen molar-refractivity contribution in [3.63, 3.8) is 0 Å². The van der Waals surface area contributed by atoms with Crippen LogP contribution >= 0.6 is 0 Å². The number of fused-ring (bicyclic) bond motifs is 1. The molecule has 0 aliphatic carbocycles. The molecule has 270 valence electrons. The Hall–Kier alpha value is -7.56. The monoisotopic (exact) mass is 730 g/mol. The molecule has 0 unspecified atom stereocenters. The Morgan fingerprint density at radius 1 is 0.404 bits per heavy atom. The Labute approximate surface area is 333 Å². The first-order valence-corrected chi connectivity index (χ1v) is 19.1. The Morgan fingerprint density at radius 3 is 1.47 bits per heavy atom. The molecule has 0 bridgehead atoms. The van der Waals surface area contributed by atoms with Crippen molar-refractivity contribution in [2.75, 3.05) is 0 Å². The van der Waals surface area contributed by atoms with E-state index >= 15 is 0 Å². The van der Waals surface area contributed by atoms with E-state index in [1.54, 1.807) is 0 Å². The minimum absolute atomic E-state index is 0.560. The molecular formula is C53H38N4. The summed E-state index contributed by atoms with van der Waals surface area (Å²) >= 11 is 0. The molecule has 0 atom stereocenters. The molecule has 0 N–H and O–H groups in total. The zero-order valence-corrected chi connectivity index (χ0v) is 31.3. The van der Waals surface area contributed by atoms with E-state index in [4.69, 9.17) is 20.0 Å². The molecule has 0 aliphatic rings. The number of aromatic nitrogens is 2. The first kappa shape index (κ1) is 35.2. The molecule has 0 aliphatic heterocycles. The first-order valence-electron chi connectivity index (χ1n) is 19.1. The van der Waals surface area contributed by atoms with Crippen LogP contribution in [0.15, 0.2) is 222 Å². The zero-order chi connectivity index (χ0) is 38.2. The van der Waals surface area contributed by atoms with Crippen LogP contribution in [0.25, 0.3) is 66.9 Å². The molecule has 9 aromatic rings. The highest BCUT2D eigenvalue weighted by Gasteiger charge is 2.12. The van der Waals surface area contributed by atoms with Gasteiger partial charge in [-0.25, -0.2) is 15.0 Å². The fourth-order valence-electron chi connectivity index (χ4n) is 6.95. The van der Waals surface area contributed by atoms with Crippen LogP contribution in [0.1, 0.15) is 16.7 Å². The predicted molar refractivity (Wildman–Crippen MR) is 237 cm³/mol. The molecule has 0 radical (unpaired) electrons. The summed E-state index contributed by atoms with van der Waals surface area (Å²) in [7, 11) is 0. The average molecular weight is 731 g/mol. The Kier molecular flexibility index (Phi) is 10.1. The van der Waals surface area contributed by atoms with Crippen LogP contribution in [0.4, 0.5) is 0 Å². The van der Waals surface area contributed by atoms with Crippen LogP contribution < -0.4 is 0 Å². The molecule has 0 spiro atoms. The topological polar surface area (TPSA) is 50.5 Å². The maximum absolute atomic E-state index is 5.02. The van der Waals surface area contributed by atoms with Gasteiger partial charge < -0.3 is 0 Å². The normalized spacial score (nSPS) is 11.6. The maximum atomic E-state index is 5.02. The lowest BCUT2D eigenvalue weighted by molar-refractivity contribution is 1.06. The van der Waals surface area contributed by atoms with Gasteiger partial charge >= 0.3 is 0 Å². The second kappa shape index (κ2) is 16.4. The minimum Gasteiger partial charge on any atom is -0.261 e. The summed E-state index contributed by atoms with van der Waals surface area (Å²) in [6.07, 6.45) is 1.88. The summed E-state index contributed by atoms with van der Waals surface area (Å²) in [6.45, 7) is 0.560. The zero-order valence-electron chi connectivity index (χ0n) is 31.3. The van der Waals surface area contributed by atoms with Gasteiger partial charge in [-0.3, -0.25) is 4.99 Å². The van der Waals surface area contributed by atoms with Crippen molar-refractivity contribution in [3.05, 3.63) is 229 Å². The van der Waals surface area contributed by atoms with Gasteiger partial charge in [0.05, 0.1) is 17.9 Å². The number of hydrogen-bond donors (Lipinski definition) is 0. The quantitative estimate of drug-likeness (QED) is 0.110. The first-order chi connectivity index (χ1) is 28.2. The van der Waals surface area contributed by atoms with Gasteiger partial charge in [0, 0.05) is 28.5 Å². The highest BCUT2D eigenvalue weighted by atomic mass is 14.9. The molecule has 0 fully saturated rings. The van der Waals surface area contributed by atoms with Crippen molar-refractivity contribution < 1.29 is 0 Å². The highest BCUT2D eigenvalue weighted by molar-refractivity contribution is 6.05.